The van der Waals surface area contributed by atoms with Crippen LogP contribution in [0.1, 0.15) is 42.5 Å². The van der Waals surface area contributed by atoms with E-state index in [1.165, 1.54) is 25.7 Å². The number of hydrogen-bond donors (Lipinski definition) is 0. The van der Waals surface area contributed by atoms with Gasteiger partial charge in [-0.1, -0.05) is 24.4 Å². The van der Waals surface area contributed by atoms with Crippen LogP contribution in [0.3, 0.4) is 0 Å². The number of rotatable bonds is 3. The molecule has 1 saturated carbocycles. The number of halogens is 1. The van der Waals surface area contributed by atoms with Crippen molar-refractivity contribution in [3.63, 3.8) is 0 Å². The van der Waals surface area contributed by atoms with E-state index in [4.69, 9.17) is 21.1 Å². The van der Waals surface area contributed by atoms with E-state index in [9.17, 15) is 4.79 Å². The summed E-state index contributed by atoms with van der Waals surface area (Å²) < 4.78 is 11.3. The second kappa shape index (κ2) is 5.41. The number of hydrogen-bond acceptors (Lipinski definition) is 3. The molecule has 1 aromatic carbocycles. The Morgan fingerprint density at radius 1 is 1.32 bits per heavy atom. The van der Waals surface area contributed by atoms with Crippen molar-refractivity contribution in [3.05, 3.63) is 22.7 Å². The normalized spacial score (nSPS) is 19.1. The van der Waals surface area contributed by atoms with Crippen LogP contribution in [-0.4, -0.2) is 19.0 Å². The fraction of sp³-hybridized carbons (Fsp3) is 0.533. The Bertz CT molecular complexity index is 492. The first-order valence-electron chi connectivity index (χ1n) is 6.86. The second-order valence-corrected chi connectivity index (χ2v) is 5.67. The molecule has 0 atom stereocenters. The van der Waals surface area contributed by atoms with Crippen LogP contribution in [0.15, 0.2) is 12.1 Å². The van der Waals surface area contributed by atoms with Gasteiger partial charge < -0.3 is 9.47 Å². The van der Waals surface area contributed by atoms with Gasteiger partial charge in [-0.3, -0.25) is 4.79 Å². The molecule has 4 heteroatoms. The first-order chi connectivity index (χ1) is 9.24. The molecule has 0 aromatic heterocycles. The highest BCUT2D eigenvalue weighted by Gasteiger charge is 2.22. The lowest BCUT2D eigenvalue weighted by Crippen LogP contribution is -2.16. The van der Waals surface area contributed by atoms with E-state index in [2.05, 4.69) is 0 Å². The van der Waals surface area contributed by atoms with Crippen LogP contribution in [0.4, 0.5) is 0 Å². The molecule has 0 saturated heterocycles. The summed E-state index contributed by atoms with van der Waals surface area (Å²) in [6.45, 7) is 1.14. The molecule has 1 aliphatic heterocycles. The summed E-state index contributed by atoms with van der Waals surface area (Å²) in [6.07, 6.45) is 5.48. The van der Waals surface area contributed by atoms with Crippen LogP contribution in [0.5, 0.6) is 11.5 Å². The zero-order valence-electron chi connectivity index (χ0n) is 10.8. The molecule has 2 aliphatic rings. The molecule has 0 amide bonds. The SMILES string of the molecule is O=C1CCOc2cc(OCC3CCCC3)c(Cl)cc21. The summed E-state index contributed by atoms with van der Waals surface area (Å²) in [7, 11) is 0. The summed E-state index contributed by atoms with van der Waals surface area (Å²) in [4.78, 5) is 11.7. The van der Waals surface area contributed by atoms with E-state index in [-0.39, 0.29) is 5.78 Å². The fourth-order valence-electron chi connectivity index (χ4n) is 2.76. The molecule has 1 aromatic rings. The maximum Gasteiger partial charge on any atom is 0.170 e. The van der Waals surface area contributed by atoms with Crippen molar-refractivity contribution >= 4 is 17.4 Å². The van der Waals surface area contributed by atoms with Crippen LogP contribution >= 0.6 is 11.6 Å². The highest BCUT2D eigenvalue weighted by molar-refractivity contribution is 6.32. The molecule has 3 rings (SSSR count). The minimum absolute atomic E-state index is 0.0884. The molecule has 1 fully saturated rings. The maximum absolute atomic E-state index is 11.7. The van der Waals surface area contributed by atoms with Crippen LogP contribution in [0.25, 0.3) is 0 Å². The lowest BCUT2D eigenvalue weighted by Gasteiger charge is -2.19. The van der Waals surface area contributed by atoms with Gasteiger partial charge >= 0.3 is 0 Å². The van der Waals surface area contributed by atoms with Gasteiger partial charge in [0.15, 0.2) is 5.78 Å². The van der Waals surface area contributed by atoms with E-state index in [0.717, 1.165) is 0 Å². The van der Waals surface area contributed by atoms with Gasteiger partial charge in [0.2, 0.25) is 0 Å². The molecule has 19 heavy (non-hydrogen) atoms. The molecule has 3 nitrogen and oxygen atoms in total. The Morgan fingerprint density at radius 3 is 2.89 bits per heavy atom. The molecule has 1 aliphatic carbocycles. The largest absolute Gasteiger partial charge is 0.492 e. The number of ether oxygens (including phenoxy) is 2. The molecular formula is C15H17ClO3. The highest BCUT2D eigenvalue weighted by atomic mass is 35.5. The van der Waals surface area contributed by atoms with Crippen molar-refractivity contribution in [2.24, 2.45) is 5.92 Å². The number of carbonyl (C=O) groups is 1. The predicted molar refractivity (Wildman–Crippen MR) is 73.3 cm³/mol. The molecule has 0 bridgehead atoms. The smallest absolute Gasteiger partial charge is 0.170 e. The predicted octanol–water partition coefficient (Wildman–Crippen LogP) is 3.87. The Labute approximate surface area is 117 Å². The number of benzene rings is 1. The fourth-order valence-corrected chi connectivity index (χ4v) is 2.97. The third kappa shape index (κ3) is 2.71. The average molecular weight is 281 g/mol. The standard InChI is InChI=1S/C15H17ClO3/c16-12-7-11-13(17)5-6-18-14(11)8-15(12)19-9-10-3-1-2-4-10/h7-8,10H,1-6,9H2. The number of fused-ring (bicyclic) bond motifs is 1. The lowest BCUT2D eigenvalue weighted by atomic mass is 10.0. The monoisotopic (exact) mass is 280 g/mol. The maximum atomic E-state index is 11.7. The van der Waals surface area contributed by atoms with Crippen molar-refractivity contribution in [2.75, 3.05) is 13.2 Å². The molecule has 102 valence electrons. The van der Waals surface area contributed by atoms with E-state index in [1.807, 2.05) is 0 Å². The van der Waals surface area contributed by atoms with Gasteiger partial charge in [-0.25, -0.2) is 0 Å². The topological polar surface area (TPSA) is 35.5 Å². The van der Waals surface area contributed by atoms with Crippen LogP contribution in [0, 0.1) is 5.92 Å². The summed E-state index contributed by atoms with van der Waals surface area (Å²) in [5.41, 5.74) is 0.574. The van der Waals surface area contributed by atoms with Gasteiger partial charge in [0.05, 0.1) is 23.8 Å². The first-order valence-corrected chi connectivity index (χ1v) is 7.24. The molecule has 1 heterocycles. The molecule has 0 N–H and O–H groups in total. The third-order valence-electron chi connectivity index (χ3n) is 3.87. The van der Waals surface area contributed by atoms with Crippen molar-refractivity contribution in [3.8, 4) is 11.5 Å². The number of ketones is 1. The Kier molecular flexibility index (Phi) is 3.65. The van der Waals surface area contributed by atoms with Crippen molar-refractivity contribution < 1.29 is 14.3 Å². The summed E-state index contributed by atoms with van der Waals surface area (Å²) in [5.74, 6) is 1.95. The van der Waals surface area contributed by atoms with Crippen LogP contribution in [0.2, 0.25) is 5.02 Å². The molecule has 0 unspecified atom stereocenters. The molecular weight excluding hydrogens is 264 g/mol. The zero-order valence-corrected chi connectivity index (χ0v) is 11.5. The van der Waals surface area contributed by atoms with Gasteiger partial charge in [0, 0.05) is 12.5 Å². The minimum atomic E-state index is 0.0884. The first kappa shape index (κ1) is 12.8. The van der Waals surface area contributed by atoms with E-state index in [1.54, 1.807) is 12.1 Å². The summed E-state index contributed by atoms with van der Waals surface area (Å²) >= 11 is 6.18. The van der Waals surface area contributed by atoms with E-state index < -0.39 is 0 Å². The Hall–Kier alpha value is -1.22. The minimum Gasteiger partial charge on any atom is -0.492 e. The summed E-state index contributed by atoms with van der Waals surface area (Å²) in [6, 6.07) is 3.42. The zero-order chi connectivity index (χ0) is 13.2. The van der Waals surface area contributed by atoms with Crippen molar-refractivity contribution in [1.29, 1.82) is 0 Å². The Morgan fingerprint density at radius 2 is 2.11 bits per heavy atom. The average Bonchev–Trinajstić information content (AvgIpc) is 2.91. The molecule has 0 radical (unpaired) electrons. The van der Waals surface area contributed by atoms with Gasteiger partial charge in [0.25, 0.3) is 0 Å². The quantitative estimate of drug-likeness (QED) is 0.843. The van der Waals surface area contributed by atoms with Gasteiger partial charge in [-0.2, -0.15) is 0 Å². The molecule has 0 spiro atoms. The second-order valence-electron chi connectivity index (χ2n) is 5.26. The number of carbonyl (C=O) groups excluding carboxylic acids is 1. The van der Waals surface area contributed by atoms with Gasteiger partial charge in [-0.15, -0.1) is 0 Å². The van der Waals surface area contributed by atoms with Crippen LogP contribution < -0.4 is 9.47 Å². The Balaban J connectivity index is 1.76. The van der Waals surface area contributed by atoms with Crippen molar-refractivity contribution in [2.45, 2.75) is 32.1 Å². The van der Waals surface area contributed by atoms with Gasteiger partial charge in [-0.05, 0) is 24.8 Å². The third-order valence-corrected chi connectivity index (χ3v) is 4.17. The van der Waals surface area contributed by atoms with Crippen LogP contribution in [-0.2, 0) is 0 Å². The van der Waals surface area contributed by atoms with E-state index >= 15 is 0 Å². The van der Waals surface area contributed by atoms with Gasteiger partial charge in [0.1, 0.15) is 11.5 Å². The van der Waals surface area contributed by atoms with E-state index in [0.29, 0.717) is 47.6 Å². The number of Topliss-reactive ketones (excluding diaryl/α,β-unsaturated/α-hetero) is 1. The lowest BCUT2D eigenvalue weighted by molar-refractivity contribution is 0.0933. The van der Waals surface area contributed by atoms with Crippen molar-refractivity contribution in [1.82, 2.24) is 0 Å². The summed E-state index contributed by atoms with van der Waals surface area (Å²) in [5, 5.41) is 0.496. The highest BCUT2D eigenvalue weighted by Crippen LogP contribution is 2.36.